The van der Waals surface area contributed by atoms with Gasteiger partial charge in [-0.15, -0.1) is 0 Å². The number of carbonyl (C=O) groups excluding carboxylic acids is 5. The number of piperazine rings is 1. The second-order valence-corrected chi connectivity index (χ2v) is 12.0. The van der Waals surface area contributed by atoms with E-state index in [1.54, 1.807) is 14.7 Å². The number of benzene rings is 1. The lowest BCUT2D eigenvalue weighted by molar-refractivity contribution is -0.140. The Morgan fingerprint density at radius 2 is 1.78 bits per heavy atom. The van der Waals surface area contributed by atoms with E-state index in [9.17, 15) is 24.0 Å². The molecule has 45 heavy (non-hydrogen) atoms. The van der Waals surface area contributed by atoms with Crippen LogP contribution >= 0.6 is 0 Å². The van der Waals surface area contributed by atoms with Gasteiger partial charge in [-0.05, 0) is 50.3 Å². The van der Waals surface area contributed by atoms with Gasteiger partial charge in [-0.2, -0.15) is 0 Å². The lowest BCUT2D eigenvalue weighted by Gasteiger charge is -2.38. The van der Waals surface area contributed by atoms with E-state index < -0.39 is 11.3 Å². The maximum absolute atomic E-state index is 13.2. The largest absolute Gasteiger partial charge is 0.483 e. The van der Waals surface area contributed by atoms with Crippen molar-refractivity contribution in [2.75, 3.05) is 65.6 Å². The van der Waals surface area contributed by atoms with Gasteiger partial charge in [0, 0.05) is 57.3 Å². The number of ether oxygens (including phenoxy) is 2. The number of pyridine rings is 1. The molecule has 13 nitrogen and oxygen atoms in total. The summed E-state index contributed by atoms with van der Waals surface area (Å²) < 4.78 is 11.2. The molecule has 3 aliphatic heterocycles. The molecule has 2 N–H and O–H groups in total. The Hall–Kier alpha value is -4.42. The first-order valence-corrected chi connectivity index (χ1v) is 15.8. The molecule has 4 heterocycles. The van der Waals surface area contributed by atoms with E-state index >= 15 is 0 Å². The van der Waals surface area contributed by atoms with Crippen LogP contribution in [0.2, 0.25) is 0 Å². The number of nitrogens with one attached hydrogen (secondary N) is 2. The Bertz CT molecular complexity index is 1460. The van der Waals surface area contributed by atoms with Crippen molar-refractivity contribution in [3.63, 3.8) is 0 Å². The number of piperidine rings is 1. The molecule has 1 atom stereocenters. The van der Waals surface area contributed by atoms with Crippen molar-refractivity contribution in [2.45, 2.75) is 46.0 Å². The van der Waals surface area contributed by atoms with Gasteiger partial charge in [0.25, 0.3) is 11.8 Å². The van der Waals surface area contributed by atoms with E-state index in [-0.39, 0.29) is 42.7 Å². The number of hydrogen-bond donors (Lipinski definition) is 2. The van der Waals surface area contributed by atoms with Crippen molar-refractivity contribution in [2.24, 2.45) is 5.41 Å². The van der Waals surface area contributed by atoms with Crippen LogP contribution in [0.15, 0.2) is 24.3 Å². The highest BCUT2D eigenvalue weighted by Gasteiger charge is 2.46. The topological polar surface area (TPSA) is 150 Å². The van der Waals surface area contributed by atoms with Gasteiger partial charge in [0.05, 0.1) is 24.1 Å². The molecular weight excluding hydrogens is 580 g/mol. The van der Waals surface area contributed by atoms with Gasteiger partial charge in [0.15, 0.2) is 6.61 Å². The zero-order valence-corrected chi connectivity index (χ0v) is 26.1. The second-order valence-electron chi connectivity index (χ2n) is 12.0. The average molecular weight is 623 g/mol. The summed E-state index contributed by atoms with van der Waals surface area (Å²) in [5, 5.41) is 6.20. The van der Waals surface area contributed by atoms with E-state index in [1.165, 1.54) is 6.07 Å². The summed E-state index contributed by atoms with van der Waals surface area (Å²) in [6, 6.07) is 7.04. The van der Waals surface area contributed by atoms with Gasteiger partial charge in [-0.25, -0.2) is 9.78 Å². The third kappa shape index (κ3) is 7.46. The quantitative estimate of drug-likeness (QED) is 0.403. The van der Waals surface area contributed by atoms with Crippen LogP contribution in [0.5, 0.6) is 5.75 Å². The number of hydrogen-bond acceptors (Lipinski definition) is 8. The molecule has 5 amide bonds. The van der Waals surface area contributed by atoms with Crippen molar-refractivity contribution in [3.05, 3.63) is 35.5 Å². The van der Waals surface area contributed by atoms with E-state index in [0.717, 1.165) is 37.7 Å². The summed E-state index contributed by atoms with van der Waals surface area (Å²) in [6.45, 7) is 6.82. The Morgan fingerprint density at radius 3 is 2.51 bits per heavy atom. The molecule has 0 aliphatic carbocycles. The van der Waals surface area contributed by atoms with Crippen LogP contribution in [0, 0.1) is 12.3 Å². The first-order chi connectivity index (χ1) is 21.7. The minimum atomic E-state index is -0.550. The van der Waals surface area contributed by atoms with Crippen molar-refractivity contribution in [1.82, 2.24) is 30.3 Å². The molecule has 13 heteroatoms. The summed E-state index contributed by atoms with van der Waals surface area (Å²) in [4.78, 5) is 73.2. The fourth-order valence-corrected chi connectivity index (χ4v) is 6.12. The van der Waals surface area contributed by atoms with Crippen LogP contribution in [-0.2, 0) is 19.1 Å². The molecule has 1 aromatic heterocycles. The molecule has 3 fully saturated rings. The van der Waals surface area contributed by atoms with Crippen LogP contribution in [0.1, 0.15) is 55.1 Å². The maximum atomic E-state index is 13.2. The molecule has 242 valence electrons. The monoisotopic (exact) mass is 622 g/mol. The van der Waals surface area contributed by atoms with E-state index in [1.807, 2.05) is 32.0 Å². The number of carbonyl (C=O) groups is 5. The molecule has 5 rings (SSSR count). The van der Waals surface area contributed by atoms with Gasteiger partial charge in [0.2, 0.25) is 11.8 Å². The molecule has 1 unspecified atom stereocenters. The van der Waals surface area contributed by atoms with Gasteiger partial charge >= 0.3 is 6.09 Å². The molecular formula is C32H42N6O7. The Kier molecular flexibility index (Phi) is 10.0. The fraction of sp³-hybridized carbons (Fsp3) is 0.562. The molecule has 1 aromatic carbocycles. The minimum absolute atomic E-state index is 0.00955. The molecule has 0 radical (unpaired) electrons. The number of fused-ring (bicyclic) bond motifs is 1. The molecule has 3 aliphatic rings. The molecule has 3 saturated heterocycles. The third-order valence-corrected chi connectivity index (χ3v) is 8.83. The summed E-state index contributed by atoms with van der Waals surface area (Å²) in [5.74, 6) is -0.702. The lowest BCUT2D eigenvalue weighted by Crippen LogP contribution is -2.52. The number of likely N-dealkylation sites (tertiary alicyclic amines) is 1. The highest BCUT2D eigenvalue weighted by molar-refractivity contribution is 5.98. The van der Waals surface area contributed by atoms with Crippen LogP contribution in [0.4, 0.5) is 4.79 Å². The van der Waals surface area contributed by atoms with Crippen LogP contribution in [-0.4, -0.2) is 115 Å². The van der Waals surface area contributed by atoms with Crippen molar-refractivity contribution in [1.29, 1.82) is 0 Å². The number of rotatable bonds is 9. The predicted octanol–water partition coefficient (Wildman–Crippen LogP) is 1.86. The zero-order valence-electron chi connectivity index (χ0n) is 26.1. The molecule has 0 bridgehead atoms. The number of nitrogens with zero attached hydrogens (tertiary/aromatic N) is 4. The van der Waals surface area contributed by atoms with E-state index in [4.69, 9.17) is 9.47 Å². The molecule has 2 aromatic rings. The number of unbranched alkanes of at least 4 members (excludes halogenated alkanes) is 1. The van der Waals surface area contributed by atoms with E-state index in [2.05, 4.69) is 15.6 Å². The number of aryl methyl sites for hydroxylation is 1. The highest BCUT2D eigenvalue weighted by atomic mass is 16.6. The zero-order chi connectivity index (χ0) is 32.0. The predicted molar refractivity (Wildman–Crippen MR) is 165 cm³/mol. The van der Waals surface area contributed by atoms with Crippen molar-refractivity contribution >= 4 is 40.6 Å². The van der Waals surface area contributed by atoms with Crippen LogP contribution < -0.4 is 15.4 Å². The van der Waals surface area contributed by atoms with Crippen LogP contribution in [0.25, 0.3) is 10.9 Å². The van der Waals surface area contributed by atoms with Gasteiger partial charge < -0.3 is 34.8 Å². The summed E-state index contributed by atoms with van der Waals surface area (Å²) in [5.41, 5.74) is 0.998. The summed E-state index contributed by atoms with van der Waals surface area (Å²) in [7, 11) is 0. The molecule has 0 saturated carbocycles. The Balaban J connectivity index is 1.18. The second kappa shape index (κ2) is 14.1. The highest BCUT2D eigenvalue weighted by Crippen LogP contribution is 2.36. The minimum Gasteiger partial charge on any atom is -0.483 e. The van der Waals surface area contributed by atoms with Gasteiger partial charge in [-0.1, -0.05) is 19.4 Å². The normalized spacial score (nSPS) is 19.9. The van der Waals surface area contributed by atoms with Gasteiger partial charge in [0.1, 0.15) is 11.4 Å². The first-order valence-electron chi connectivity index (χ1n) is 15.8. The third-order valence-electron chi connectivity index (χ3n) is 8.83. The lowest BCUT2D eigenvalue weighted by atomic mass is 9.78. The average Bonchev–Trinajstić information content (AvgIpc) is 3.39. The van der Waals surface area contributed by atoms with Crippen LogP contribution in [0.3, 0.4) is 0 Å². The smallest absolute Gasteiger partial charge is 0.409 e. The Labute approximate surface area is 262 Å². The SMILES string of the molecule is CCCCOC(=O)N1CCN(C(=O)CNC(=O)c2cc(OCC(=O)N3CCCC4(CCNC4=O)C3)c3ccc(C)cc3n2)CC1. The van der Waals surface area contributed by atoms with Crippen molar-refractivity contribution < 1.29 is 33.4 Å². The summed E-state index contributed by atoms with van der Waals surface area (Å²) in [6.07, 6.45) is 3.61. The van der Waals surface area contributed by atoms with Crippen molar-refractivity contribution in [3.8, 4) is 5.75 Å². The molecule has 1 spiro atoms. The standard InChI is InChI=1S/C32H42N6O7/c1-3-4-16-44-31(43)37-14-12-36(13-15-37)27(39)19-34-29(41)25-18-26(23-7-6-22(2)17-24(23)35-25)45-20-28(40)38-11-5-8-32(21-38)9-10-33-30(32)42/h6-7,17-18H,3-5,8-16,19-21H2,1-2H3,(H,33,42)(H,34,41). The maximum Gasteiger partial charge on any atom is 0.409 e. The summed E-state index contributed by atoms with van der Waals surface area (Å²) >= 11 is 0. The number of amides is 5. The van der Waals surface area contributed by atoms with Gasteiger partial charge in [-0.3, -0.25) is 19.2 Å². The Morgan fingerprint density at radius 1 is 1.00 bits per heavy atom. The first kappa shape index (κ1) is 32.0. The number of aromatic nitrogens is 1. The fourth-order valence-electron chi connectivity index (χ4n) is 6.12. The van der Waals surface area contributed by atoms with E-state index in [0.29, 0.717) is 69.1 Å².